The van der Waals surface area contributed by atoms with E-state index in [2.05, 4.69) is 50.8 Å². The van der Waals surface area contributed by atoms with Gasteiger partial charge in [0.25, 0.3) is 0 Å². The minimum atomic E-state index is -0.0605. The second-order valence-corrected chi connectivity index (χ2v) is 8.58. The van der Waals surface area contributed by atoms with Crippen molar-refractivity contribution < 1.29 is 9.59 Å². The van der Waals surface area contributed by atoms with Gasteiger partial charge >= 0.3 is 0 Å². The number of benzene rings is 1. The molecule has 2 amide bonds. The van der Waals surface area contributed by atoms with E-state index in [1.165, 1.54) is 38.4 Å². The number of carbonyl (C=O) groups is 2. The van der Waals surface area contributed by atoms with Crippen LogP contribution < -0.4 is 10.6 Å². The zero-order valence-corrected chi connectivity index (χ0v) is 17.7. The van der Waals surface area contributed by atoms with Crippen LogP contribution in [-0.4, -0.2) is 74.0 Å². The van der Waals surface area contributed by atoms with Crippen LogP contribution in [0, 0.1) is 11.8 Å². The fraction of sp³-hybridized carbons (Fsp3) is 0.652. The van der Waals surface area contributed by atoms with E-state index < -0.39 is 0 Å². The first-order valence-corrected chi connectivity index (χ1v) is 11.1. The topological polar surface area (TPSA) is 64.7 Å². The van der Waals surface area contributed by atoms with Crippen LogP contribution in [0.25, 0.3) is 0 Å². The molecule has 1 aromatic carbocycles. The van der Waals surface area contributed by atoms with Crippen LogP contribution in [0.4, 0.5) is 0 Å². The molecule has 0 spiro atoms. The van der Waals surface area contributed by atoms with Gasteiger partial charge in [0.2, 0.25) is 11.8 Å². The molecule has 6 nitrogen and oxygen atoms in total. The minimum absolute atomic E-state index is 0.0319. The standard InChI is InChI=1S/C23H36N4O2/c1-19(28)24-10-11-25-23(29)22-15-21(16-26-12-5-6-13-26)17-27(18-22)14-9-20-7-3-2-4-8-20/h2-4,7-8,21-22H,5-6,9-18H2,1H3,(H,24,28)(H,25,29)/t21-,22-/m1/s1. The van der Waals surface area contributed by atoms with Gasteiger partial charge in [0, 0.05) is 46.2 Å². The number of rotatable bonds is 9. The Morgan fingerprint density at radius 2 is 1.72 bits per heavy atom. The van der Waals surface area contributed by atoms with Gasteiger partial charge in [0.15, 0.2) is 0 Å². The molecule has 160 valence electrons. The van der Waals surface area contributed by atoms with Crippen molar-refractivity contribution in [3.63, 3.8) is 0 Å². The normalized spacial score (nSPS) is 23.1. The third-order valence-electron chi connectivity index (χ3n) is 6.06. The lowest BCUT2D eigenvalue weighted by molar-refractivity contribution is -0.127. The van der Waals surface area contributed by atoms with E-state index in [9.17, 15) is 9.59 Å². The first-order valence-electron chi connectivity index (χ1n) is 11.1. The Kier molecular flexibility index (Phi) is 8.50. The van der Waals surface area contributed by atoms with Crippen molar-refractivity contribution in [1.29, 1.82) is 0 Å². The molecule has 1 aromatic rings. The van der Waals surface area contributed by atoms with E-state index >= 15 is 0 Å². The predicted octanol–water partition coefficient (Wildman–Crippen LogP) is 1.52. The van der Waals surface area contributed by atoms with Crippen molar-refractivity contribution in [3.05, 3.63) is 35.9 Å². The van der Waals surface area contributed by atoms with Gasteiger partial charge in [0.05, 0.1) is 5.92 Å². The van der Waals surface area contributed by atoms with E-state index in [1.807, 2.05) is 0 Å². The summed E-state index contributed by atoms with van der Waals surface area (Å²) < 4.78 is 0. The van der Waals surface area contributed by atoms with Crippen molar-refractivity contribution in [1.82, 2.24) is 20.4 Å². The Morgan fingerprint density at radius 1 is 1.00 bits per heavy atom. The first-order chi connectivity index (χ1) is 14.1. The van der Waals surface area contributed by atoms with Gasteiger partial charge in [-0.3, -0.25) is 9.59 Å². The van der Waals surface area contributed by atoms with Crippen molar-refractivity contribution >= 4 is 11.8 Å². The monoisotopic (exact) mass is 400 g/mol. The molecule has 0 radical (unpaired) electrons. The summed E-state index contributed by atoms with van der Waals surface area (Å²) in [6.07, 6.45) is 4.59. The number of amides is 2. The molecule has 2 fully saturated rings. The number of hydrogen-bond donors (Lipinski definition) is 2. The van der Waals surface area contributed by atoms with Crippen molar-refractivity contribution in [2.75, 3.05) is 52.4 Å². The molecule has 2 aliphatic rings. The van der Waals surface area contributed by atoms with Gasteiger partial charge in [-0.1, -0.05) is 30.3 Å². The third kappa shape index (κ3) is 7.44. The van der Waals surface area contributed by atoms with Crippen LogP contribution in [0.5, 0.6) is 0 Å². The number of hydrogen-bond acceptors (Lipinski definition) is 4. The van der Waals surface area contributed by atoms with Gasteiger partial charge in [-0.25, -0.2) is 0 Å². The maximum Gasteiger partial charge on any atom is 0.224 e. The molecular formula is C23H36N4O2. The first kappa shape index (κ1) is 21.8. The Morgan fingerprint density at radius 3 is 2.45 bits per heavy atom. The van der Waals surface area contributed by atoms with E-state index in [4.69, 9.17) is 0 Å². The molecule has 0 bridgehead atoms. The maximum atomic E-state index is 12.8. The smallest absolute Gasteiger partial charge is 0.224 e. The summed E-state index contributed by atoms with van der Waals surface area (Å²) in [7, 11) is 0. The molecular weight excluding hydrogens is 364 g/mol. The van der Waals surface area contributed by atoms with Gasteiger partial charge in [0.1, 0.15) is 0 Å². The number of likely N-dealkylation sites (tertiary alicyclic amines) is 2. The Bertz CT molecular complexity index is 646. The zero-order chi connectivity index (χ0) is 20.5. The molecule has 0 saturated carbocycles. The van der Waals surface area contributed by atoms with Crippen molar-refractivity contribution in [3.8, 4) is 0 Å². The Hall–Kier alpha value is -1.92. The van der Waals surface area contributed by atoms with E-state index in [-0.39, 0.29) is 17.7 Å². The summed E-state index contributed by atoms with van der Waals surface area (Å²) in [4.78, 5) is 28.8. The summed E-state index contributed by atoms with van der Waals surface area (Å²) in [5.74, 6) is 0.647. The summed E-state index contributed by atoms with van der Waals surface area (Å²) in [5, 5.41) is 5.76. The predicted molar refractivity (Wildman–Crippen MR) is 116 cm³/mol. The highest BCUT2D eigenvalue weighted by molar-refractivity contribution is 5.79. The fourth-order valence-corrected chi connectivity index (χ4v) is 4.64. The number of carbonyl (C=O) groups excluding carboxylic acids is 2. The SMILES string of the molecule is CC(=O)NCCNC(=O)[C@@H]1C[C@H](CN2CCCC2)CN(CCc2ccccc2)C1. The van der Waals surface area contributed by atoms with E-state index in [0.29, 0.717) is 19.0 Å². The summed E-state index contributed by atoms with van der Waals surface area (Å²) in [6.45, 7) is 8.90. The Balaban J connectivity index is 1.53. The number of nitrogens with zero attached hydrogens (tertiary/aromatic N) is 2. The molecule has 2 atom stereocenters. The Labute approximate surface area is 175 Å². The van der Waals surface area contributed by atoms with E-state index in [1.54, 1.807) is 0 Å². The lowest BCUT2D eigenvalue weighted by atomic mass is 9.87. The number of nitrogens with one attached hydrogen (secondary N) is 2. The van der Waals surface area contributed by atoms with Crippen LogP contribution in [0.15, 0.2) is 30.3 Å². The molecule has 6 heteroatoms. The fourth-order valence-electron chi connectivity index (χ4n) is 4.64. The second kappa shape index (κ2) is 11.3. The molecule has 2 aliphatic heterocycles. The van der Waals surface area contributed by atoms with Gasteiger partial charge < -0.3 is 20.4 Å². The highest BCUT2D eigenvalue weighted by atomic mass is 16.2. The van der Waals surface area contributed by atoms with Crippen molar-refractivity contribution in [2.24, 2.45) is 11.8 Å². The van der Waals surface area contributed by atoms with Gasteiger partial charge in [-0.15, -0.1) is 0 Å². The highest BCUT2D eigenvalue weighted by Crippen LogP contribution is 2.25. The molecule has 0 aromatic heterocycles. The quantitative estimate of drug-likeness (QED) is 0.617. The van der Waals surface area contributed by atoms with E-state index in [0.717, 1.165) is 39.0 Å². The molecule has 2 saturated heterocycles. The lowest BCUT2D eigenvalue weighted by Gasteiger charge is -2.38. The second-order valence-electron chi connectivity index (χ2n) is 8.58. The van der Waals surface area contributed by atoms with Gasteiger partial charge in [-0.05, 0) is 50.3 Å². The number of piperidine rings is 1. The van der Waals surface area contributed by atoms with Crippen LogP contribution in [0.2, 0.25) is 0 Å². The minimum Gasteiger partial charge on any atom is -0.355 e. The van der Waals surface area contributed by atoms with Crippen LogP contribution >= 0.6 is 0 Å². The zero-order valence-electron chi connectivity index (χ0n) is 17.7. The van der Waals surface area contributed by atoms with Crippen LogP contribution in [0.3, 0.4) is 0 Å². The largest absolute Gasteiger partial charge is 0.355 e. The van der Waals surface area contributed by atoms with Crippen LogP contribution in [0.1, 0.15) is 31.7 Å². The average molecular weight is 401 g/mol. The molecule has 2 N–H and O–H groups in total. The van der Waals surface area contributed by atoms with Crippen molar-refractivity contribution in [2.45, 2.75) is 32.6 Å². The lowest BCUT2D eigenvalue weighted by Crippen LogP contribution is -2.49. The molecule has 0 unspecified atom stereocenters. The molecule has 29 heavy (non-hydrogen) atoms. The summed E-state index contributed by atoms with van der Waals surface area (Å²) in [6, 6.07) is 10.6. The summed E-state index contributed by atoms with van der Waals surface area (Å²) >= 11 is 0. The molecule has 0 aliphatic carbocycles. The molecule has 3 rings (SSSR count). The molecule has 2 heterocycles. The average Bonchev–Trinajstić information content (AvgIpc) is 3.23. The highest BCUT2D eigenvalue weighted by Gasteiger charge is 2.32. The van der Waals surface area contributed by atoms with Crippen LogP contribution in [-0.2, 0) is 16.0 Å². The third-order valence-corrected chi connectivity index (χ3v) is 6.06. The summed E-state index contributed by atoms with van der Waals surface area (Å²) in [5.41, 5.74) is 1.35. The van der Waals surface area contributed by atoms with Gasteiger partial charge in [-0.2, -0.15) is 0 Å². The maximum absolute atomic E-state index is 12.8.